The molecular formula is C52H61N4O2S2+. The van der Waals surface area contributed by atoms with E-state index in [1.165, 1.54) is 46.7 Å². The number of aliphatic hydroxyl groups is 2. The van der Waals surface area contributed by atoms with E-state index < -0.39 is 0 Å². The van der Waals surface area contributed by atoms with Gasteiger partial charge in [-0.15, -0.1) is 0 Å². The molecule has 1 heterocycles. The fourth-order valence-corrected chi connectivity index (χ4v) is 8.87. The number of aliphatic imine (C=N–C) groups is 1. The van der Waals surface area contributed by atoms with E-state index >= 15 is 0 Å². The number of rotatable bonds is 27. The van der Waals surface area contributed by atoms with Crippen LogP contribution in [0.15, 0.2) is 169 Å². The van der Waals surface area contributed by atoms with Crippen molar-refractivity contribution in [3.63, 3.8) is 0 Å². The quantitative estimate of drug-likeness (QED) is 0.0181. The predicted octanol–water partition coefficient (Wildman–Crippen LogP) is 11.0. The van der Waals surface area contributed by atoms with Crippen LogP contribution in [0.25, 0.3) is 18.2 Å². The molecule has 0 aliphatic carbocycles. The number of nitrogens with zero attached hydrogens (tertiary/aromatic N) is 4. The molecule has 5 aromatic rings. The first-order chi connectivity index (χ1) is 29.7. The van der Waals surface area contributed by atoms with Gasteiger partial charge in [0.25, 0.3) is 0 Å². The molecule has 1 aromatic heterocycles. The zero-order valence-corrected chi connectivity index (χ0v) is 36.4. The van der Waals surface area contributed by atoms with Gasteiger partial charge in [0.1, 0.15) is 6.61 Å². The van der Waals surface area contributed by atoms with Crippen molar-refractivity contribution in [1.29, 1.82) is 0 Å². The zero-order valence-electron chi connectivity index (χ0n) is 34.8. The van der Waals surface area contributed by atoms with E-state index in [0.717, 1.165) is 56.0 Å². The summed E-state index contributed by atoms with van der Waals surface area (Å²) in [5.41, 5.74) is 8.56. The lowest BCUT2D eigenvalue weighted by molar-refractivity contribution is -0.699. The molecule has 312 valence electrons. The number of pyridine rings is 1. The first-order valence-corrected chi connectivity index (χ1v) is 23.6. The Bertz CT molecular complexity index is 2050. The van der Waals surface area contributed by atoms with Crippen LogP contribution in [0, 0.1) is 0 Å². The number of hydrogen-bond acceptors (Lipinski definition) is 7. The third kappa shape index (κ3) is 17.6. The Labute approximate surface area is 366 Å². The zero-order chi connectivity index (χ0) is 41.7. The van der Waals surface area contributed by atoms with Gasteiger partial charge in [0, 0.05) is 73.5 Å². The second-order valence-corrected chi connectivity index (χ2v) is 17.0. The number of aromatic nitrogens is 1. The summed E-state index contributed by atoms with van der Waals surface area (Å²) in [5, 5.41) is 18.2. The van der Waals surface area contributed by atoms with Crippen molar-refractivity contribution in [2.75, 3.05) is 54.2 Å². The molecule has 0 fully saturated rings. The molecule has 0 atom stereocenters. The molecule has 4 aromatic carbocycles. The van der Waals surface area contributed by atoms with Gasteiger partial charge in [-0.2, -0.15) is 4.57 Å². The van der Waals surface area contributed by atoms with E-state index in [2.05, 4.69) is 153 Å². The minimum absolute atomic E-state index is 0.0743. The van der Waals surface area contributed by atoms with Gasteiger partial charge in [-0.3, -0.25) is 4.99 Å². The Kier molecular flexibility index (Phi) is 21.7. The van der Waals surface area contributed by atoms with Crippen molar-refractivity contribution in [3.05, 3.63) is 192 Å². The minimum Gasteiger partial charge on any atom is -0.394 e. The molecule has 0 spiro atoms. The van der Waals surface area contributed by atoms with Gasteiger partial charge in [-0.25, -0.2) is 0 Å². The Morgan fingerprint density at radius 3 is 1.62 bits per heavy atom. The first kappa shape index (κ1) is 46.0. The van der Waals surface area contributed by atoms with Crippen molar-refractivity contribution in [2.45, 2.75) is 45.3 Å². The first-order valence-electron chi connectivity index (χ1n) is 21.1. The Balaban J connectivity index is 1.04. The highest BCUT2D eigenvalue weighted by Crippen LogP contribution is 2.26. The maximum absolute atomic E-state index is 9.43. The largest absolute Gasteiger partial charge is 0.394 e. The average molecular weight is 838 g/mol. The number of hydrogen-bond donors (Lipinski definition) is 2. The van der Waals surface area contributed by atoms with Gasteiger partial charge in [0.15, 0.2) is 12.7 Å². The molecule has 5 rings (SSSR count). The van der Waals surface area contributed by atoms with E-state index in [9.17, 15) is 5.11 Å². The number of unbranched alkanes of at least 4 members (excludes halogenated alkanes) is 2. The van der Waals surface area contributed by atoms with Crippen LogP contribution in [0.3, 0.4) is 0 Å². The van der Waals surface area contributed by atoms with Gasteiger partial charge in [0.2, 0.25) is 5.69 Å². The molecule has 0 amide bonds. The highest BCUT2D eigenvalue weighted by atomic mass is 33.1. The summed E-state index contributed by atoms with van der Waals surface area (Å²) in [5.74, 6) is 2.33. The SMILES string of the molecule is OCCN=C\C=C/C=C/C=C/c1ccc(N(CCCCSSCCCCN(Cc2ccccc2)c2ccc(/C=C/c3cccc[n+]3CCO)cc2)Cc2ccccc2)cc1. The second kappa shape index (κ2) is 28.4. The molecule has 60 heavy (non-hydrogen) atoms. The summed E-state index contributed by atoms with van der Waals surface area (Å²) < 4.78 is 2.06. The number of benzene rings is 4. The Morgan fingerprint density at radius 1 is 0.517 bits per heavy atom. The lowest BCUT2D eigenvalue weighted by Crippen LogP contribution is -2.38. The fourth-order valence-electron chi connectivity index (χ4n) is 6.58. The number of allylic oxidation sites excluding steroid dienone is 5. The maximum atomic E-state index is 9.43. The molecule has 0 saturated carbocycles. The molecule has 0 bridgehead atoms. The van der Waals surface area contributed by atoms with Crippen LogP contribution in [0.2, 0.25) is 0 Å². The lowest BCUT2D eigenvalue weighted by atomic mass is 10.1. The van der Waals surface area contributed by atoms with Gasteiger partial charge >= 0.3 is 0 Å². The smallest absolute Gasteiger partial charge is 0.205 e. The van der Waals surface area contributed by atoms with E-state index in [0.29, 0.717) is 13.1 Å². The van der Waals surface area contributed by atoms with E-state index in [1.807, 2.05) is 70.3 Å². The maximum Gasteiger partial charge on any atom is 0.205 e. The van der Waals surface area contributed by atoms with Crippen LogP contribution >= 0.6 is 21.6 Å². The summed E-state index contributed by atoms with van der Waals surface area (Å²) in [7, 11) is 4.04. The van der Waals surface area contributed by atoms with Crippen molar-refractivity contribution >= 4 is 57.4 Å². The fraction of sp³-hybridized carbons (Fsp3) is 0.269. The summed E-state index contributed by atoms with van der Waals surface area (Å²) in [6, 6.07) is 45.4. The highest BCUT2D eigenvalue weighted by molar-refractivity contribution is 8.76. The Hall–Kier alpha value is -5.12. The molecule has 0 saturated heterocycles. The Morgan fingerprint density at radius 2 is 1.05 bits per heavy atom. The predicted molar refractivity (Wildman–Crippen MR) is 262 cm³/mol. The minimum atomic E-state index is 0.0743. The molecule has 2 N–H and O–H groups in total. The van der Waals surface area contributed by atoms with Crippen LogP contribution in [0.5, 0.6) is 0 Å². The van der Waals surface area contributed by atoms with Crippen LogP contribution in [-0.4, -0.2) is 60.8 Å². The topological polar surface area (TPSA) is 63.2 Å². The molecule has 0 radical (unpaired) electrons. The summed E-state index contributed by atoms with van der Waals surface area (Å²) >= 11 is 0. The van der Waals surface area contributed by atoms with Crippen molar-refractivity contribution in [2.24, 2.45) is 4.99 Å². The van der Waals surface area contributed by atoms with Crippen LogP contribution in [0.4, 0.5) is 11.4 Å². The van der Waals surface area contributed by atoms with Crippen molar-refractivity contribution in [1.82, 2.24) is 0 Å². The summed E-state index contributed by atoms with van der Waals surface area (Å²) in [4.78, 5) is 9.08. The van der Waals surface area contributed by atoms with Gasteiger partial charge in [0.05, 0.1) is 13.2 Å². The summed E-state index contributed by atoms with van der Waals surface area (Å²) in [6.45, 7) is 5.06. The van der Waals surface area contributed by atoms with Crippen molar-refractivity contribution in [3.8, 4) is 0 Å². The average Bonchev–Trinajstić information content (AvgIpc) is 3.29. The number of anilines is 2. The monoisotopic (exact) mass is 837 g/mol. The molecule has 0 aliphatic rings. The summed E-state index contributed by atoms with van der Waals surface area (Å²) in [6.07, 6.45) is 24.6. The van der Waals surface area contributed by atoms with E-state index in [4.69, 9.17) is 5.11 Å². The van der Waals surface area contributed by atoms with Gasteiger partial charge < -0.3 is 20.0 Å². The standard InChI is InChI=1S/C52H61N4O2S2/c57-40-35-53-34-12-3-1-2-6-18-46-24-30-51(31-25-46)55(44-48-19-7-4-8-20-48)37-14-16-42-59-60-43-17-15-38-56(45-49-21-9-5-10-22-49)52-32-27-47(28-33-52)26-29-50-23-11-13-36-54(50)39-41-58/h1-13,18-34,36,57-58H,14-17,35,37-45H2/q+1/b2-1+,12-3-,18-6+,53-34?. The highest BCUT2D eigenvalue weighted by Gasteiger charge is 2.10. The second-order valence-electron chi connectivity index (χ2n) is 14.3. The normalized spacial score (nSPS) is 11.9. The molecule has 0 aliphatic heterocycles. The third-order valence-corrected chi connectivity index (χ3v) is 12.3. The lowest BCUT2D eigenvalue weighted by Gasteiger charge is -2.25. The number of aliphatic hydroxyl groups excluding tert-OH is 2. The van der Waals surface area contributed by atoms with E-state index in [-0.39, 0.29) is 13.2 Å². The van der Waals surface area contributed by atoms with Crippen LogP contribution in [0.1, 0.15) is 53.6 Å². The van der Waals surface area contributed by atoms with Gasteiger partial charge in [-0.05, 0) is 90.4 Å². The molecule has 8 heteroatoms. The van der Waals surface area contributed by atoms with Gasteiger partial charge in [-0.1, -0.05) is 137 Å². The molecule has 0 unspecified atom stereocenters. The van der Waals surface area contributed by atoms with E-state index in [1.54, 1.807) is 6.21 Å². The van der Waals surface area contributed by atoms with Crippen molar-refractivity contribution < 1.29 is 14.8 Å². The molecular weight excluding hydrogens is 777 g/mol. The van der Waals surface area contributed by atoms with Crippen LogP contribution in [-0.2, 0) is 19.6 Å². The molecule has 6 nitrogen and oxygen atoms in total. The third-order valence-electron chi connectivity index (χ3n) is 9.76. The van der Waals surface area contributed by atoms with Crippen LogP contribution < -0.4 is 14.4 Å².